The van der Waals surface area contributed by atoms with Crippen molar-refractivity contribution < 1.29 is 23.9 Å². The number of nitrogens with zero attached hydrogens (tertiary/aromatic N) is 1. The first-order chi connectivity index (χ1) is 16.8. The molecule has 0 saturated carbocycles. The van der Waals surface area contributed by atoms with E-state index in [1.807, 2.05) is 0 Å². The molecule has 0 aromatic heterocycles. The van der Waals surface area contributed by atoms with Crippen molar-refractivity contribution in [3.63, 3.8) is 0 Å². The van der Waals surface area contributed by atoms with Gasteiger partial charge in [0.1, 0.15) is 0 Å². The molecule has 0 radical (unpaired) electrons. The Kier molecular flexibility index (Phi) is 7.86. The van der Waals surface area contributed by atoms with Crippen molar-refractivity contribution >= 4 is 74.1 Å². The number of carbonyl (C=O) groups excluding carboxylic acids is 3. The molecule has 2 amide bonds. The predicted molar refractivity (Wildman–Crippen MR) is 140 cm³/mol. The highest BCUT2D eigenvalue weighted by Gasteiger charge is 2.35. The number of esters is 1. The number of carbonyl (C=O) groups is 3. The van der Waals surface area contributed by atoms with Crippen molar-refractivity contribution in [2.45, 2.75) is 6.54 Å². The van der Waals surface area contributed by atoms with Gasteiger partial charge in [0.15, 0.2) is 11.5 Å². The van der Waals surface area contributed by atoms with Crippen LogP contribution in [0.3, 0.4) is 0 Å². The van der Waals surface area contributed by atoms with Crippen molar-refractivity contribution in [2.24, 2.45) is 0 Å². The van der Waals surface area contributed by atoms with Gasteiger partial charge in [-0.15, -0.1) is 0 Å². The van der Waals surface area contributed by atoms with Crippen LogP contribution in [0.25, 0.3) is 6.08 Å². The second-order valence-corrected chi connectivity index (χ2v) is 9.98. The van der Waals surface area contributed by atoms with Gasteiger partial charge >= 0.3 is 5.97 Å². The standard InChI is InChI=1S/C25H16BrCl2NO5S/c1-33-20-10-14(9-18(26)22(20)34-24(31)15-5-3-2-4-6-15)11-21-23(30)29(25(32)35-21)13-16-7-8-17(27)12-19(16)28/h2-12H,13H2,1H3/b21-11-. The Hall–Kier alpha value is -2.78. The Morgan fingerprint density at radius 2 is 1.83 bits per heavy atom. The highest BCUT2D eigenvalue weighted by Crippen LogP contribution is 2.40. The number of benzene rings is 3. The molecule has 0 spiro atoms. The fourth-order valence-corrected chi connectivity index (χ4v) is 5.10. The van der Waals surface area contributed by atoms with Crippen molar-refractivity contribution in [2.75, 3.05) is 7.11 Å². The molecular weight excluding hydrogens is 577 g/mol. The molecule has 3 aromatic carbocycles. The van der Waals surface area contributed by atoms with Crippen LogP contribution < -0.4 is 9.47 Å². The molecule has 4 rings (SSSR count). The minimum absolute atomic E-state index is 0.0272. The fourth-order valence-electron chi connectivity index (χ4n) is 3.26. The third-order valence-corrected chi connectivity index (χ3v) is 7.05. The lowest BCUT2D eigenvalue weighted by atomic mass is 10.1. The summed E-state index contributed by atoms with van der Waals surface area (Å²) in [7, 11) is 1.44. The molecule has 178 valence electrons. The molecule has 10 heteroatoms. The van der Waals surface area contributed by atoms with E-state index in [2.05, 4.69) is 15.9 Å². The van der Waals surface area contributed by atoms with Crippen LogP contribution in [0.5, 0.6) is 11.5 Å². The average molecular weight is 593 g/mol. The van der Waals surface area contributed by atoms with Crippen LogP contribution >= 0.6 is 50.9 Å². The molecule has 3 aromatic rings. The molecule has 0 N–H and O–H groups in total. The van der Waals surface area contributed by atoms with Crippen LogP contribution in [0, 0.1) is 0 Å². The first kappa shape index (κ1) is 25.3. The third-order valence-electron chi connectivity index (χ3n) is 4.97. The second-order valence-electron chi connectivity index (χ2n) is 7.29. The average Bonchev–Trinajstić information content (AvgIpc) is 3.09. The normalized spacial score (nSPS) is 14.5. The quantitative estimate of drug-likeness (QED) is 0.171. The SMILES string of the molecule is COc1cc(/C=C2\SC(=O)N(Cc3ccc(Cl)cc3Cl)C2=O)cc(Br)c1OC(=O)c1ccccc1. The van der Waals surface area contributed by atoms with Crippen molar-refractivity contribution in [3.8, 4) is 11.5 Å². The molecule has 1 fully saturated rings. The van der Waals surface area contributed by atoms with E-state index in [1.165, 1.54) is 7.11 Å². The molecule has 0 unspecified atom stereocenters. The maximum atomic E-state index is 12.9. The predicted octanol–water partition coefficient (Wildman–Crippen LogP) is 7.22. The van der Waals surface area contributed by atoms with Gasteiger partial charge in [0.2, 0.25) is 0 Å². The number of thioether (sulfide) groups is 1. The van der Waals surface area contributed by atoms with Crippen LogP contribution in [0.4, 0.5) is 4.79 Å². The monoisotopic (exact) mass is 591 g/mol. The van der Waals surface area contributed by atoms with E-state index in [9.17, 15) is 14.4 Å². The van der Waals surface area contributed by atoms with E-state index < -0.39 is 17.1 Å². The summed E-state index contributed by atoms with van der Waals surface area (Å²) in [4.78, 5) is 39.3. The van der Waals surface area contributed by atoms with Gasteiger partial charge in [-0.1, -0.05) is 47.5 Å². The molecule has 0 bridgehead atoms. The number of hydrogen-bond acceptors (Lipinski definition) is 6. The van der Waals surface area contributed by atoms with Crippen LogP contribution in [-0.2, 0) is 11.3 Å². The Bertz CT molecular complexity index is 1360. The molecule has 6 nitrogen and oxygen atoms in total. The van der Waals surface area contributed by atoms with Crippen molar-refractivity contribution in [1.82, 2.24) is 4.90 Å². The van der Waals surface area contributed by atoms with Crippen LogP contribution in [0.2, 0.25) is 10.0 Å². The van der Waals surface area contributed by atoms with Gasteiger partial charge in [0, 0.05) is 10.0 Å². The van der Waals surface area contributed by atoms with Gasteiger partial charge in [0.25, 0.3) is 11.1 Å². The van der Waals surface area contributed by atoms with E-state index in [0.717, 1.165) is 16.7 Å². The number of amides is 2. The van der Waals surface area contributed by atoms with Crippen LogP contribution in [-0.4, -0.2) is 29.1 Å². The summed E-state index contributed by atoms with van der Waals surface area (Å²) in [6, 6.07) is 16.7. The molecule has 0 atom stereocenters. The molecular formula is C25H16BrCl2NO5S. The van der Waals surface area contributed by atoms with Gasteiger partial charge in [-0.25, -0.2) is 4.79 Å². The lowest BCUT2D eigenvalue weighted by molar-refractivity contribution is -0.123. The van der Waals surface area contributed by atoms with Gasteiger partial charge in [-0.2, -0.15) is 0 Å². The van der Waals surface area contributed by atoms with Gasteiger partial charge in [0.05, 0.1) is 28.6 Å². The summed E-state index contributed by atoms with van der Waals surface area (Å²) < 4.78 is 11.4. The number of ether oxygens (including phenoxy) is 2. The number of imide groups is 1. The Labute approximate surface area is 223 Å². The van der Waals surface area contributed by atoms with Crippen LogP contribution in [0.1, 0.15) is 21.5 Å². The summed E-state index contributed by atoms with van der Waals surface area (Å²) in [6.45, 7) is 0.0272. The number of hydrogen-bond donors (Lipinski definition) is 0. The zero-order valence-corrected chi connectivity index (χ0v) is 22.0. The molecule has 1 aliphatic heterocycles. The summed E-state index contributed by atoms with van der Waals surface area (Å²) in [5, 5.41) is 0.423. The second kappa shape index (κ2) is 10.9. The number of halogens is 3. The Balaban J connectivity index is 1.57. The van der Waals surface area contributed by atoms with E-state index >= 15 is 0 Å². The summed E-state index contributed by atoms with van der Waals surface area (Å²) in [6.07, 6.45) is 1.57. The van der Waals surface area contributed by atoms with E-state index in [0.29, 0.717) is 31.2 Å². The van der Waals surface area contributed by atoms with Gasteiger partial charge < -0.3 is 9.47 Å². The highest BCUT2D eigenvalue weighted by atomic mass is 79.9. The summed E-state index contributed by atoms with van der Waals surface area (Å²) in [5.41, 5.74) is 1.57. The van der Waals surface area contributed by atoms with E-state index in [4.69, 9.17) is 32.7 Å². The molecule has 1 aliphatic rings. The van der Waals surface area contributed by atoms with Gasteiger partial charge in [-0.05, 0) is 81.3 Å². The maximum Gasteiger partial charge on any atom is 0.343 e. The Morgan fingerprint density at radius 1 is 1.09 bits per heavy atom. The van der Waals surface area contributed by atoms with Crippen molar-refractivity contribution in [3.05, 3.63) is 96.8 Å². The fraction of sp³-hybridized carbons (Fsp3) is 0.0800. The van der Waals surface area contributed by atoms with E-state index in [-0.39, 0.29) is 22.9 Å². The first-order valence-corrected chi connectivity index (χ1v) is 12.5. The first-order valence-electron chi connectivity index (χ1n) is 10.1. The highest BCUT2D eigenvalue weighted by molar-refractivity contribution is 9.10. The lowest BCUT2D eigenvalue weighted by Crippen LogP contribution is -2.27. The minimum Gasteiger partial charge on any atom is -0.493 e. The lowest BCUT2D eigenvalue weighted by Gasteiger charge is -2.14. The minimum atomic E-state index is -0.542. The van der Waals surface area contributed by atoms with Crippen molar-refractivity contribution in [1.29, 1.82) is 0 Å². The van der Waals surface area contributed by atoms with E-state index in [1.54, 1.807) is 66.7 Å². The Morgan fingerprint density at radius 3 is 2.51 bits per heavy atom. The smallest absolute Gasteiger partial charge is 0.343 e. The van der Waals surface area contributed by atoms with Gasteiger partial charge in [-0.3, -0.25) is 14.5 Å². The largest absolute Gasteiger partial charge is 0.493 e. The van der Waals surface area contributed by atoms with Crippen LogP contribution in [0.15, 0.2) is 70.0 Å². The number of rotatable bonds is 6. The zero-order chi connectivity index (χ0) is 25.1. The molecule has 0 aliphatic carbocycles. The maximum absolute atomic E-state index is 12.9. The number of methoxy groups -OCH3 is 1. The molecule has 1 heterocycles. The molecule has 35 heavy (non-hydrogen) atoms. The molecule has 1 saturated heterocycles. The zero-order valence-electron chi connectivity index (χ0n) is 18.1. The summed E-state index contributed by atoms with van der Waals surface area (Å²) in [5.74, 6) is -0.508. The summed E-state index contributed by atoms with van der Waals surface area (Å²) >= 11 is 16.4. The third kappa shape index (κ3) is 5.73. The topological polar surface area (TPSA) is 72.9 Å².